The number of rotatable bonds is 3. The molecular weight excluding hydrogens is 243 g/mol. The van der Waals surface area contributed by atoms with Crippen molar-refractivity contribution < 1.29 is 13.2 Å². The van der Waals surface area contributed by atoms with Crippen LogP contribution in [0.15, 0.2) is 36.8 Å². The van der Waals surface area contributed by atoms with Crippen LogP contribution in [-0.4, -0.2) is 16.1 Å². The first-order chi connectivity index (χ1) is 8.54. The Balaban J connectivity index is 2.54. The largest absolute Gasteiger partial charge is 0.418 e. The van der Waals surface area contributed by atoms with E-state index >= 15 is 0 Å². The Morgan fingerprint density at radius 3 is 2.61 bits per heavy atom. The second-order valence-corrected chi connectivity index (χ2v) is 3.81. The molecule has 2 rings (SSSR count). The quantitative estimate of drug-likeness (QED) is 0.915. The zero-order valence-corrected chi connectivity index (χ0v) is 9.48. The van der Waals surface area contributed by atoms with Gasteiger partial charge >= 0.3 is 6.18 Å². The Hall–Kier alpha value is -1.82. The van der Waals surface area contributed by atoms with Gasteiger partial charge in [-0.3, -0.25) is 0 Å². The van der Waals surface area contributed by atoms with E-state index in [2.05, 4.69) is 4.98 Å². The number of nitrogens with two attached hydrogens (primary N) is 1. The van der Waals surface area contributed by atoms with Gasteiger partial charge in [0.2, 0.25) is 0 Å². The van der Waals surface area contributed by atoms with E-state index in [9.17, 15) is 13.2 Å². The maximum absolute atomic E-state index is 12.9. The van der Waals surface area contributed by atoms with Crippen molar-refractivity contribution in [3.8, 4) is 5.69 Å². The molecule has 18 heavy (non-hydrogen) atoms. The third kappa shape index (κ3) is 2.38. The van der Waals surface area contributed by atoms with Gasteiger partial charge in [0.15, 0.2) is 0 Å². The molecule has 0 atom stereocenters. The van der Waals surface area contributed by atoms with Crippen molar-refractivity contribution >= 4 is 0 Å². The smallest absolute Gasteiger partial charge is 0.330 e. The lowest BCUT2D eigenvalue weighted by Gasteiger charge is -2.15. The molecule has 0 aliphatic carbocycles. The van der Waals surface area contributed by atoms with Gasteiger partial charge < -0.3 is 10.3 Å². The molecule has 6 heteroatoms. The number of aromatic nitrogens is 2. The molecule has 1 heterocycles. The van der Waals surface area contributed by atoms with Crippen LogP contribution in [0, 0.1) is 0 Å². The van der Waals surface area contributed by atoms with E-state index in [1.54, 1.807) is 6.07 Å². The summed E-state index contributed by atoms with van der Waals surface area (Å²) in [4.78, 5) is 3.88. The number of alkyl halides is 3. The summed E-state index contributed by atoms with van der Waals surface area (Å²) in [5.74, 6) is 0. The number of nitrogens with zero attached hydrogens (tertiary/aromatic N) is 2. The van der Waals surface area contributed by atoms with Crippen LogP contribution in [-0.2, 0) is 12.6 Å². The predicted octanol–water partition coefficient (Wildman–Crippen LogP) is 2.39. The standard InChI is InChI=1S/C12H12F3N3/c13-12(14,15)10-3-1-2-4-11(10)18-8-17-7-9(18)5-6-16/h1-4,7-8H,5-6,16H2. The first-order valence-electron chi connectivity index (χ1n) is 5.42. The van der Waals surface area contributed by atoms with Crippen molar-refractivity contribution in [1.29, 1.82) is 0 Å². The minimum Gasteiger partial charge on any atom is -0.330 e. The van der Waals surface area contributed by atoms with E-state index in [4.69, 9.17) is 5.73 Å². The zero-order valence-electron chi connectivity index (χ0n) is 9.48. The van der Waals surface area contributed by atoms with Crippen molar-refractivity contribution in [2.45, 2.75) is 12.6 Å². The second-order valence-electron chi connectivity index (χ2n) is 3.81. The van der Waals surface area contributed by atoms with Crippen LogP contribution in [0.3, 0.4) is 0 Å². The van der Waals surface area contributed by atoms with Gasteiger partial charge in [0.05, 0.1) is 17.6 Å². The van der Waals surface area contributed by atoms with Gasteiger partial charge in [-0.05, 0) is 18.7 Å². The summed E-state index contributed by atoms with van der Waals surface area (Å²) in [7, 11) is 0. The molecule has 0 bridgehead atoms. The summed E-state index contributed by atoms with van der Waals surface area (Å²) in [6.45, 7) is 0.361. The molecule has 0 unspecified atom stereocenters. The van der Waals surface area contributed by atoms with Crippen LogP contribution in [0.4, 0.5) is 13.2 Å². The highest BCUT2D eigenvalue weighted by molar-refractivity contribution is 5.44. The van der Waals surface area contributed by atoms with Crippen molar-refractivity contribution in [1.82, 2.24) is 9.55 Å². The molecule has 2 N–H and O–H groups in total. The van der Waals surface area contributed by atoms with Gasteiger partial charge in [-0.25, -0.2) is 4.98 Å². The highest BCUT2D eigenvalue weighted by Crippen LogP contribution is 2.33. The van der Waals surface area contributed by atoms with Crippen LogP contribution >= 0.6 is 0 Å². The molecule has 0 amide bonds. The molecule has 0 aliphatic rings. The summed E-state index contributed by atoms with van der Waals surface area (Å²) in [6.07, 6.45) is -1.01. The predicted molar refractivity (Wildman–Crippen MR) is 61.3 cm³/mol. The van der Waals surface area contributed by atoms with Gasteiger partial charge in [-0.15, -0.1) is 0 Å². The van der Waals surface area contributed by atoms with E-state index in [-0.39, 0.29) is 5.69 Å². The average molecular weight is 255 g/mol. The number of halogens is 3. The fourth-order valence-electron chi connectivity index (χ4n) is 1.80. The number of para-hydroxylation sites is 1. The minimum absolute atomic E-state index is 0.0750. The molecule has 0 spiro atoms. The lowest BCUT2D eigenvalue weighted by atomic mass is 10.1. The highest BCUT2D eigenvalue weighted by atomic mass is 19.4. The first-order valence-corrected chi connectivity index (χ1v) is 5.42. The Kier molecular flexibility index (Phi) is 3.38. The van der Waals surface area contributed by atoms with Crippen LogP contribution in [0.2, 0.25) is 0 Å². The SMILES string of the molecule is NCCc1cncn1-c1ccccc1C(F)(F)F. The maximum atomic E-state index is 12.9. The summed E-state index contributed by atoms with van der Waals surface area (Å²) >= 11 is 0. The van der Waals surface area contributed by atoms with E-state index in [0.717, 1.165) is 6.07 Å². The fourth-order valence-corrected chi connectivity index (χ4v) is 1.80. The van der Waals surface area contributed by atoms with Gasteiger partial charge in [0, 0.05) is 18.3 Å². The number of imidazole rings is 1. The summed E-state index contributed by atoms with van der Waals surface area (Å²) < 4.78 is 40.1. The Labute approximate surface area is 102 Å². The zero-order chi connectivity index (χ0) is 13.2. The number of benzene rings is 1. The van der Waals surface area contributed by atoms with Gasteiger partial charge in [-0.2, -0.15) is 13.2 Å². The molecule has 1 aromatic carbocycles. The monoisotopic (exact) mass is 255 g/mol. The number of hydrogen-bond donors (Lipinski definition) is 1. The Morgan fingerprint density at radius 2 is 1.94 bits per heavy atom. The fraction of sp³-hybridized carbons (Fsp3) is 0.250. The van der Waals surface area contributed by atoms with E-state index < -0.39 is 11.7 Å². The normalized spacial score (nSPS) is 11.8. The highest BCUT2D eigenvalue weighted by Gasteiger charge is 2.33. The van der Waals surface area contributed by atoms with Crippen molar-refractivity contribution in [2.24, 2.45) is 5.73 Å². The molecule has 0 saturated heterocycles. The van der Waals surface area contributed by atoms with Crippen molar-refractivity contribution in [2.75, 3.05) is 6.54 Å². The number of hydrogen-bond acceptors (Lipinski definition) is 2. The molecule has 96 valence electrons. The van der Waals surface area contributed by atoms with Crippen molar-refractivity contribution in [3.05, 3.63) is 48.0 Å². The molecule has 1 aromatic heterocycles. The Bertz CT molecular complexity index is 531. The Morgan fingerprint density at radius 1 is 1.22 bits per heavy atom. The second kappa shape index (κ2) is 4.81. The maximum Gasteiger partial charge on any atom is 0.418 e. The topological polar surface area (TPSA) is 43.8 Å². The van der Waals surface area contributed by atoms with Crippen LogP contribution in [0.5, 0.6) is 0 Å². The molecule has 0 saturated carbocycles. The molecule has 0 radical (unpaired) electrons. The molecule has 3 nitrogen and oxygen atoms in total. The van der Waals surface area contributed by atoms with Crippen LogP contribution in [0.25, 0.3) is 5.69 Å². The van der Waals surface area contributed by atoms with Crippen LogP contribution < -0.4 is 5.73 Å². The average Bonchev–Trinajstić information content (AvgIpc) is 2.77. The van der Waals surface area contributed by atoms with Crippen molar-refractivity contribution in [3.63, 3.8) is 0 Å². The third-order valence-electron chi connectivity index (χ3n) is 2.58. The van der Waals surface area contributed by atoms with Gasteiger partial charge in [0.25, 0.3) is 0 Å². The third-order valence-corrected chi connectivity index (χ3v) is 2.58. The van der Waals surface area contributed by atoms with E-state index in [0.29, 0.717) is 18.7 Å². The molecular formula is C12H12F3N3. The summed E-state index contributed by atoms with van der Waals surface area (Å²) in [5, 5.41) is 0. The van der Waals surface area contributed by atoms with E-state index in [1.807, 2.05) is 0 Å². The summed E-state index contributed by atoms with van der Waals surface area (Å²) in [5.41, 5.74) is 5.48. The van der Waals surface area contributed by atoms with Gasteiger partial charge in [0.1, 0.15) is 0 Å². The molecule has 0 fully saturated rings. The van der Waals surface area contributed by atoms with Crippen LogP contribution in [0.1, 0.15) is 11.3 Å². The lowest BCUT2D eigenvalue weighted by molar-refractivity contribution is -0.137. The first kappa shape index (κ1) is 12.6. The van der Waals surface area contributed by atoms with Gasteiger partial charge in [-0.1, -0.05) is 12.1 Å². The minimum atomic E-state index is -4.39. The molecule has 2 aromatic rings. The lowest BCUT2D eigenvalue weighted by Crippen LogP contribution is -2.13. The summed E-state index contributed by atoms with van der Waals surface area (Å²) in [6, 6.07) is 5.41. The molecule has 0 aliphatic heterocycles. The van der Waals surface area contributed by atoms with E-state index in [1.165, 1.54) is 29.2 Å².